The van der Waals surface area contributed by atoms with E-state index in [2.05, 4.69) is 41.1 Å². The molecule has 0 bridgehead atoms. The first-order valence-electron chi connectivity index (χ1n) is 6.84. The van der Waals surface area contributed by atoms with Crippen LogP contribution in [0.25, 0.3) is 0 Å². The number of rotatable bonds is 4. The molecule has 5 heteroatoms. The third-order valence-corrected chi connectivity index (χ3v) is 3.99. The van der Waals surface area contributed by atoms with Crippen LogP contribution in [0.3, 0.4) is 0 Å². The Balaban J connectivity index is 2.06. The molecule has 1 saturated heterocycles. The molecule has 5 nitrogen and oxygen atoms in total. The molecule has 1 aliphatic rings. The summed E-state index contributed by atoms with van der Waals surface area (Å²) in [5, 5.41) is 7.52. The molecule has 0 aliphatic carbocycles. The fourth-order valence-electron chi connectivity index (χ4n) is 2.53. The highest BCUT2D eigenvalue weighted by Gasteiger charge is 2.34. The molecule has 2 heterocycles. The molecule has 102 valence electrons. The summed E-state index contributed by atoms with van der Waals surface area (Å²) in [6.45, 7) is 11.4. The second-order valence-corrected chi connectivity index (χ2v) is 5.50. The summed E-state index contributed by atoms with van der Waals surface area (Å²) in [5.74, 6) is 1.44. The topological polar surface area (TPSA) is 54.2 Å². The van der Waals surface area contributed by atoms with Gasteiger partial charge in [0, 0.05) is 24.7 Å². The molecule has 1 fully saturated rings. The molecule has 1 aromatic heterocycles. The van der Waals surface area contributed by atoms with Gasteiger partial charge in [0.2, 0.25) is 5.89 Å². The average Bonchev–Trinajstić information content (AvgIpc) is 2.75. The van der Waals surface area contributed by atoms with Crippen molar-refractivity contribution in [2.75, 3.05) is 13.1 Å². The molecule has 0 spiro atoms. The van der Waals surface area contributed by atoms with Crippen molar-refractivity contribution in [2.45, 2.75) is 58.7 Å². The van der Waals surface area contributed by atoms with Gasteiger partial charge in [0.25, 0.3) is 0 Å². The number of aryl methyl sites for hydroxylation is 1. The van der Waals surface area contributed by atoms with Gasteiger partial charge >= 0.3 is 0 Å². The van der Waals surface area contributed by atoms with Crippen molar-refractivity contribution in [3.8, 4) is 0 Å². The standard InChI is InChI=1S/C13H24N4O/c1-5-11-7-14-13(4,6-2)9-17(11)8-12-15-10(3)16-18-12/h11,14H,5-9H2,1-4H3. The van der Waals surface area contributed by atoms with E-state index in [1.54, 1.807) is 0 Å². The zero-order valence-electron chi connectivity index (χ0n) is 11.9. The van der Waals surface area contributed by atoms with E-state index in [9.17, 15) is 0 Å². The molecule has 1 aromatic rings. The van der Waals surface area contributed by atoms with Crippen LogP contribution < -0.4 is 5.32 Å². The molecule has 0 radical (unpaired) electrons. The predicted molar refractivity (Wildman–Crippen MR) is 70.2 cm³/mol. The lowest BCUT2D eigenvalue weighted by molar-refractivity contribution is 0.0661. The largest absolute Gasteiger partial charge is 0.338 e. The van der Waals surface area contributed by atoms with Crippen molar-refractivity contribution in [1.29, 1.82) is 0 Å². The number of hydrogen-bond acceptors (Lipinski definition) is 5. The van der Waals surface area contributed by atoms with Gasteiger partial charge in [0.1, 0.15) is 0 Å². The molecule has 2 rings (SSSR count). The van der Waals surface area contributed by atoms with Crippen LogP contribution in [0.2, 0.25) is 0 Å². The number of piperazine rings is 1. The summed E-state index contributed by atoms with van der Waals surface area (Å²) in [5.41, 5.74) is 0.195. The van der Waals surface area contributed by atoms with Crippen LogP contribution in [0.1, 0.15) is 45.3 Å². The van der Waals surface area contributed by atoms with Crippen LogP contribution in [0.4, 0.5) is 0 Å². The van der Waals surface area contributed by atoms with E-state index >= 15 is 0 Å². The minimum Gasteiger partial charge on any atom is -0.338 e. The highest BCUT2D eigenvalue weighted by Crippen LogP contribution is 2.21. The van der Waals surface area contributed by atoms with Crippen LogP contribution in [0.15, 0.2) is 4.52 Å². The van der Waals surface area contributed by atoms with Gasteiger partial charge in [-0.05, 0) is 26.7 Å². The normalized spacial score (nSPS) is 29.7. The van der Waals surface area contributed by atoms with E-state index in [0.717, 1.165) is 38.4 Å². The Morgan fingerprint density at radius 1 is 1.50 bits per heavy atom. The lowest BCUT2D eigenvalue weighted by Crippen LogP contribution is -2.62. The third kappa shape index (κ3) is 2.90. The van der Waals surface area contributed by atoms with E-state index in [-0.39, 0.29) is 5.54 Å². The lowest BCUT2D eigenvalue weighted by Gasteiger charge is -2.45. The highest BCUT2D eigenvalue weighted by atomic mass is 16.5. The average molecular weight is 252 g/mol. The summed E-state index contributed by atoms with van der Waals surface area (Å²) in [4.78, 5) is 6.77. The van der Waals surface area contributed by atoms with Gasteiger partial charge < -0.3 is 9.84 Å². The first-order chi connectivity index (χ1) is 8.56. The van der Waals surface area contributed by atoms with Crippen molar-refractivity contribution in [3.63, 3.8) is 0 Å². The molecule has 0 aromatic carbocycles. The minimum atomic E-state index is 0.195. The predicted octanol–water partition coefficient (Wildman–Crippen LogP) is 1.73. The Hall–Kier alpha value is -0.940. The maximum atomic E-state index is 5.24. The van der Waals surface area contributed by atoms with Crippen LogP contribution in [0, 0.1) is 6.92 Å². The molecule has 1 N–H and O–H groups in total. The monoisotopic (exact) mass is 252 g/mol. The number of hydrogen-bond donors (Lipinski definition) is 1. The summed E-state index contributed by atoms with van der Waals surface area (Å²) in [7, 11) is 0. The maximum absolute atomic E-state index is 5.24. The lowest BCUT2D eigenvalue weighted by atomic mass is 9.93. The highest BCUT2D eigenvalue weighted by molar-refractivity contribution is 4.95. The molecule has 2 atom stereocenters. The zero-order chi connectivity index (χ0) is 13.2. The fourth-order valence-corrected chi connectivity index (χ4v) is 2.53. The molecule has 0 amide bonds. The van der Waals surface area contributed by atoms with E-state index in [0.29, 0.717) is 11.9 Å². The molecule has 2 unspecified atom stereocenters. The third-order valence-electron chi connectivity index (χ3n) is 3.99. The van der Waals surface area contributed by atoms with E-state index in [1.807, 2.05) is 6.92 Å². The van der Waals surface area contributed by atoms with Crippen molar-refractivity contribution in [1.82, 2.24) is 20.4 Å². The SMILES string of the molecule is CCC1CNC(C)(CC)CN1Cc1nc(C)no1. The summed E-state index contributed by atoms with van der Waals surface area (Å²) in [6.07, 6.45) is 2.27. The maximum Gasteiger partial charge on any atom is 0.240 e. The van der Waals surface area contributed by atoms with Crippen LogP contribution in [-0.4, -0.2) is 39.7 Å². The second kappa shape index (κ2) is 5.36. The Morgan fingerprint density at radius 2 is 2.28 bits per heavy atom. The smallest absolute Gasteiger partial charge is 0.240 e. The van der Waals surface area contributed by atoms with Crippen LogP contribution in [0.5, 0.6) is 0 Å². The van der Waals surface area contributed by atoms with Gasteiger partial charge in [-0.2, -0.15) is 4.98 Å². The number of nitrogens with one attached hydrogen (secondary N) is 1. The Kier molecular flexibility index (Phi) is 4.02. The van der Waals surface area contributed by atoms with Crippen molar-refractivity contribution in [2.24, 2.45) is 0 Å². The Bertz CT molecular complexity index is 392. The number of aromatic nitrogens is 2. The van der Waals surface area contributed by atoms with Gasteiger partial charge in [-0.1, -0.05) is 19.0 Å². The van der Waals surface area contributed by atoms with Crippen LogP contribution >= 0.6 is 0 Å². The quantitative estimate of drug-likeness (QED) is 0.884. The first kappa shape index (κ1) is 13.5. The van der Waals surface area contributed by atoms with Crippen molar-refractivity contribution < 1.29 is 4.52 Å². The Labute approximate surface area is 109 Å². The van der Waals surface area contributed by atoms with Gasteiger partial charge in [0.05, 0.1) is 6.54 Å². The molecule has 0 saturated carbocycles. The fraction of sp³-hybridized carbons (Fsp3) is 0.846. The Morgan fingerprint density at radius 3 is 2.83 bits per heavy atom. The van der Waals surface area contributed by atoms with E-state index < -0.39 is 0 Å². The second-order valence-electron chi connectivity index (χ2n) is 5.50. The minimum absolute atomic E-state index is 0.195. The number of nitrogens with zero attached hydrogens (tertiary/aromatic N) is 3. The first-order valence-corrected chi connectivity index (χ1v) is 6.84. The molecular weight excluding hydrogens is 228 g/mol. The summed E-state index contributed by atoms with van der Waals surface area (Å²) in [6, 6.07) is 0.553. The summed E-state index contributed by atoms with van der Waals surface area (Å²) < 4.78 is 5.24. The summed E-state index contributed by atoms with van der Waals surface area (Å²) >= 11 is 0. The van der Waals surface area contributed by atoms with Crippen molar-refractivity contribution >= 4 is 0 Å². The van der Waals surface area contributed by atoms with E-state index in [1.165, 1.54) is 0 Å². The molecule has 1 aliphatic heterocycles. The zero-order valence-corrected chi connectivity index (χ0v) is 11.9. The van der Waals surface area contributed by atoms with Gasteiger partial charge in [-0.15, -0.1) is 0 Å². The molecule has 18 heavy (non-hydrogen) atoms. The van der Waals surface area contributed by atoms with Gasteiger partial charge in [-0.25, -0.2) is 0 Å². The van der Waals surface area contributed by atoms with E-state index in [4.69, 9.17) is 4.52 Å². The van der Waals surface area contributed by atoms with Crippen LogP contribution in [-0.2, 0) is 6.54 Å². The van der Waals surface area contributed by atoms with Crippen molar-refractivity contribution in [3.05, 3.63) is 11.7 Å². The van der Waals surface area contributed by atoms with Gasteiger partial charge in [0.15, 0.2) is 5.82 Å². The molecular formula is C13H24N4O. The van der Waals surface area contributed by atoms with Gasteiger partial charge in [-0.3, -0.25) is 4.90 Å².